The van der Waals surface area contributed by atoms with Crippen molar-refractivity contribution in [1.29, 1.82) is 0 Å². The van der Waals surface area contributed by atoms with Crippen molar-refractivity contribution in [2.75, 3.05) is 32.8 Å². The molecule has 2 saturated heterocycles. The summed E-state index contributed by atoms with van der Waals surface area (Å²) in [5.41, 5.74) is 1.63. The summed E-state index contributed by atoms with van der Waals surface area (Å²) >= 11 is 0. The van der Waals surface area contributed by atoms with E-state index in [4.69, 9.17) is 9.26 Å². The largest absolute Gasteiger partial charge is 0.381 e. The highest BCUT2D eigenvalue weighted by molar-refractivity contribution is 5.94. The van der Waals surface area contributed by atoms with Crippen LogP contribution in [-0.4, -0.2) is 65.8 Å². The van der Waals surface area contributed by atoms with Crippen LogP contribution in [0.1, 0.15) is 54.4 Å². The molecule has 1 aliphatic carbocycles. The van der Waals surface area contributed by atoms with Crippen molar-refractivity contribution in [3.63, 3.8) is 0 Å². The quantitative estimate of drug-likeness (QED) is 0.827. The minimum absolute atomic E-state index is 0.0565. The lowest BCUT2D eigenvalue weighted by Gasteiger charge is -2.44. The fourth-order valence-electron chi connectivity index (χ4n) is 4.36. The second-order valence-corrected chi connectivity index (χ2v) is 7.33. The molecule has 0 aromatic carbocycles. The van der Waals surface area contributed by atoms with E-state index in [1.54, 1.807) is 0 Å². The van der Waals surface area contributed by atoms with Gasteiger partial charge in [0.15, 0.2) is 5.69 Å². The molecule has 0 unspecified atom stereocenters. The Bertz CT molecular complexity index is 594. The van der Waals surface area contributed by atoms with Crippen molar-refractivity contribution < 1.29 is 14.1 Å². The maximum atomic E-state index is 13.0. The smallest absolute Gasteiger partial charge is 0.276 e. The summed E-state index contributed by atoms with van der Waals surface area (Å²) in [5.74, 6) is 0.985. The Hall–Kier alpha value is -1.40. The van der Waals surface area contributed by atoms with E-state index in [1.807, 2.05) is 4.90 Å². The van der Waals surface area contributed by atoms with E-state index in [-0.39, 0.29) is 11.9 Å². The molecule has 6 nitrogen and oxygen atoms in total. The monoisotopic (exact) mass is 333 g/mol. The molecule has 24 heavy (non-hydrogen) atoms. The van der Waals surface area contributed by atoms with Gasteiger partial charge in [0.05, 0.1) is 0 Å². The summed E-state index contributed by atoms with van der Waals surface area (Å²) in [5, 5.41) is 4.12. The molecule has 4 rings (SSSR count). The zero-order chi connectivity index (χ0) is 16.5. The van der Waals surface area contributed by atoms with Crippen LogP contribution in [0, 0.1) is 0 Å². The van der Waals surface area contributed by atoms with Crippen LogP contribution in [0.15, 0.2) is 4.52 Å². The highest BCUT2D eigenvalue weighted by Crippen LogP contribution is 2.27. The number of hydrogen-bond donors (Lipinski definition) is 0. The van der Waals surface area contributed by atoms with Crippen molar-refractivity contribution in [3.8, 4) is 0 Å². The van der Waals surface area contributed by atoms with Gasteiger partial charge in [-0.25, -0.2) is 0 Å². The van der Waals surface area contributed by atoms with Gasteiger partial charge in [-0.15, -0.1) is 0 Å². The van der Waals surface area contributed by atoms with Crippen LogP contribution in [0.25, 0.3) is 0 Å². The van der Waals surface area contributed by atoms with Gasteiger partial charge in [0.25, 0.3) is 5.91 Å². The van der Waals surface area contributed by atoms with Crippen LogP contribution in [0.5, 0.6) is 0 Å². The third-order valence-corrected chi connectivity index (χ3v) is 5.78. The minimum atomic E-state index is 0.0565. The summed E-state index contributed by atoms with van der Waals surface area (Å²) in [4.78, 5) is 17.5. The fourth-order valence-corrected chi connectivity index (χ4v) is 4.36. The third-order valence-electron chi connectivity index (χ3n) is 5.78. The lowest BCUT2D eigenvalue weighted by Crippen LogP contribution is -2.57. The zero-order valence-electron chi connectivity index (χ0n) is 14.5. The van der Waals surface area contributed by atoms with Crippen molar-refractivity contribution in [1.82, 2.24) is 15.0 Å². The molecular formula is C18H27N3O3. The van der Waals surface area contributed by atoms with Crippen LogP contribution >= 0.6 is 0 Å². The van der Waals surface area contributed by atoms with Gasteiger partial charge < -0.3 is 14.2 Å². The molecule has 1 atom stereocenters. The number of nitrogens with zero attached hydrogens (tertiary/aromatic N) is 3. The molecular weight excluding hydrogens is 306 g/mol. The topological polar surface area (TPSA) is 58.8 Å². The molecule has 2 aliphatic heterocycles. The molecule has 0 radical (unpaired) electrons. The Morgan fingerprint density at radius 1 is 1.17 bits per heavy atom. The Morgan fingerprint density at radius 3 is 2.75 bits per heavy atom. The average Bonchev–Trinajstić information content (AvgIpc) is 3.06. The minimum Gasteiger partial charge on any atom is -0.381 e. The number of hydrogen-bond acceptors (Lipinski definition) is 5. The molecule has 132 valence electrons. The van der Waals surface area contributed by atoms with Crippen molar-refractivity contribution in [2.24, 2.45) is 0 Å². The van der Waals surface area contributed by atoms with Gasteiger partial charge in [-0.05, 0) is 39.0 Å². The van der Waals surface area contributed by atoms with Gasteiger partial charge in [-0.3, -0.25) is 9.69 Å². The van der Waals surface area contributed by atoms with E-state index in [1.165, 1.54) is 0 Å². The van der Waals surface area contributed by atoms with E-state index in [9.17, 15) is 4.79 Å². The molecule has 2 fully saturated rings. The summed E-state index contributed by atoms with van der Waals surface area (Å²) in [6.07, 6.45) is 6.32. The maximum absolute atomic E-state index is 13.0. The van der Waals surface area contributed by atoms with E-state index in [0.717, 1.165) is 82.7 Å². The number of amides is 1. The summed E-state index contributed by atoms with van der Waals surface area (Å²) in [7, 11) is 0. The molecule has 1 amide bonds. The highest BCUT2D eigenvalue weighted by atomic mass is 16.5. The predicted molar refractivity (Wildman–Crippen MR) is 89.1 cm³/mol. The van der Waals surface area contributed by atoms with Crippen molar-refractivity contribution >= 4 is 5.91 Å². The number of aromatic nitrogens is 1. The van der Waals surface area contributed by atoms with Crippen LogP contribution in [0.3, 0.4) is 0 Å². The van der Waals surface area contributed by atoms with Gasteiger partial charge in [-0.1, -0.05) is 5.16 Å². The number of piperazine rings is 1. The molecule has 1 aromatic rings. The second-order valence-electron chi connectivity index (χ2n) is 7.33. The molecule has 6 heteroatoms. The number of rotatable bonds is 2. The van der Waals surface area contributed by atoms with Gasteiger partial charge in [0.2, 0.25) is 0 Å². The van der Waals surface area contributed by atoms with Gasteiger partial charge >= 0.3 is 0 Å². The van der Waals surface area contributed by atoms with Crippen LogP contribution in [-0.2, 0) is 17.6 Å². The SMILES string of the molecule is C[C@H]1CN(C2CCOCC2)CCN1C(=O)c1noc2c1CCCC2. The predicted octanol–water partition coefficient (Wildman–Crippen LogP) is 1.88. The normalized spacial score (nSPS) is 26.4. The molecule has 3 aliphatic rings. The molecule has 3 heterocycles. The Balaban J connectivity index is 1.43. The van der Waals surface area contributed by atoms with Crippen LogP contribution in [0.4, 0.5) is 0 Å². The second kappa shape index (κ2) is 6.84. The number of carbonyl (C=O) groups excluding carboxylic acids is 1. The first-order valence-electron chi connectivity index (χ1n) is 9.34. The fraction of sp³-hybridized carbons (Fsp3) is 0.778. The molecule has 0 saturated carbocycles. The van der Waals surface area contributed by atoms with Gasteiger partial charge in [0.1, 0.15) is 5.76 Å². The van der Waals surface area contributed by atoms with Crippen molar-refractivity contribution in [3.05, 3.63) is 17.0 Å². The Morgan fingerprint density at radius 2 is 1.96 bits per heavy atom. The van der Waals surface area contributed by atoms with E-state index >= 15 is 0 Å². The summed E-state index contributed by atoms with van der Waals surface area (Å²) in [6.45, 7) is 6.54. The number of aryl methyl sites for hydroxylation is 1. The molecule has 0 N–H and O–H groups in total. The number of fused-ring (bicyclic) bond motifs is 1. The first-order valence-corrected chi connectivity index (χ1v) is 9.34. The zero-order valence-corrected chi connectivity index (χ0v) is 14.5. The van der Waals surface area contributed by atoms with Gasteiger partial charge in [0, 0.05) is 56.9 Å². The molecule has 1 aromatic heterocycles. The molecule has 0 spiro atoms. The maximum Gasteiger partial charge on any atom is 0.276 e. The van der Waals surface area contributed by atoms with E-state index in [0.29, 0.717) is 11.7 Å². The lowest BCUT2D eigenvalue weighted by molar-refractivity contribution is 0.000418. The third kappa shape index (κ3) is 2.97. The van der Waals surface area contributed by atoms with Crippen LogP contribution < -0.4 is 0 Å². The average molecular weight is 333 g/mol. The summed E-state index contributed by atoms with van der Waals surface area (Å²) < 4.78 is 10.9. The summed E-state index contributed by atoms with van der Waals surface area (Å²) in [6, 6.07) is 0.822. The first-order chi connectivity index (χ1) is 11.7. The standard InChI is InChI=1S/C18H27N3O3/c1-13-12-20(14-6-10-23-11-7-14)8-9-21(13)18(22)17-15-4-2-3-5-16(15)24-19-17/h13-14H,2-12H2,1H3/t13-/m0/s1. The number of ether oxygens (including phenoxy) is 1. The van der Waals surface area contributed by atoms with E-state index in [2.05, 4.69) is 17.0 Å². The van der Waals surface area contributed by atoms with Gasteiger partial charge in [-0.2, -0.15) is 0 Å². The Labute approximate surface area is 143 Å². The first kappa shape index (κ1) is 16.1. The lowest BCUT2D eigenvalue weighted by atomic mass is 9.96. The van der Waals surface area contributed by atoms with Crippen LogP contribution in [0.2, 0.25) is 0 Å². The van der Waals surface area contributed by atoms with E-state index < -0.39 is 0 Å². The number of carbonyl (C=O) groups is 1. The highest BCUT2D eigenvalue weighted by Gasteiger charge is 2.35. The Kier molecular flexibility index (Phi) is 4.59. The molecule has 0 bridgehead atoms. The van der Waals surface area contributed by atoms with Crippen molar-refractivity contribution in [2.45, 2.75) is 57.5 Å².